The highest BCUT2D eigenvalue weighted by Gasteiger charge is 2.18. The second-order valence-electron chi connectivity index (χ2n) is 5.68. The standard InChI is InChI=1S/C20H18N4O2/c1-2-24-20(26)19(22-16-10-8-14(13-25)9-11-16)17(12-21)18(23-24)15-6-4-3-5-7-15/h3-11,22,25H,2,13H2,1H3. The van der Waals surface area contributed by atoms with Gasteiger partial charge in [-0.3, -0.25) is 4.79 Å². The van der Waals surface area contributed by atoms with Gasteiger partial charge in [0.2, 0.25) is 0 Å². The van der Waals surface area contributed by atoms with Crippen LogP contribution in [0.5, 0.6) is 0 Å². The summed E-state index contributed by atoms with van der Waals surface area (Å²) in [6.07, 6.45) is 0. The molecule has 0 bridgehead atoms. The summed E-state index contributed by atoms with van der Waals surface area (Å²) in [5.74, 6) is 0. The van der Waals surface area contributed by atoms with Crippen LogP contribution in [0.15, 0.2) is 59.4 Å². The van der Waals surface area contributed by atoms with Crippen LogP contribution in [0.1, 0.15) is 18.1 Å². The maximum atomic E-state index is 12.7. The van der Waals surface area contributed by atoms with Crippen LogP contribution < -0.4 is 10.9 Å². The topological polar surface area (TPSA) is 90.9 Å². The normalized spacial score (nSPS) is 10.3. The summed E-state index contributed by atoms with van der Waals surface area (Å²) in [4.78, 5) is 12.7. The van der Waals surface area contributed by atoms with Crippen LogP contribution in [-0.2, 0) is 13.2 Å². The van der Waals surface area contributed by atoms with E-state index in [9.17, 15) is 10.1 Å². The third-order valence-electron chi connectivity index (χ3n) is 4.02. The molecule has 2 N–H and O–H groups in total. The van der Waals surface area contributed by atoms with Crippen LogP contribution >= 0.6 is 0 Å². The minimum atomic E-state index is -0.352. The van der Waals surface area contributed by atoms with Crippen LogP contribution in [0.3, 0.4) is 0 Å². The second-order valence-corrected chi connectivity index (χ2v) is 5.68. The average molecular weight is 346 g/mol. The average Bonchev–Trinajstić information content (AvgIpc) is 2.70. The predicted octanol–water partition coefficient (Wildman–Crippen LogP) is 3.04. The molecule has 0 aliphatic carbocycles. The van der Waals surface area contributed by atoms with Crippen molar-refractivity contribution in [3.05, 3.63) is 76.1 Å². The zero-order valence-corrected chi connectivity index (χ0v) is 14.3. The van der Waals surface area contributed by atoms with E-state index in [1.54, 1.807) is 24.3 Å². The molecule has 0 aliphatic rings. The van der Waals surface area contributed by atoms with E-state index in [-0.39, 0.29) is 23.4 Å². The molecule has 3 aromatic rings. The van der Waals surface area contributed by atoms with E-state index < -0.39 is 0 Å². The molecule has 0 fully saturated rings. The Morgan fingerprint density at radius 3 is 2.42 bits per heavy atom. The van der Waals surface area contributed by atoms with Gasteiger partial charge in [0.05, 0.1) is 6.61 Å². The Labute approximate surface area is 151 Å². The summed E-state index contributed by atoms with van der Waals surface area (Å²) in [6, 6.07) is 18.5. The summed E-state index contributed by atoms with van der Waals surface area (Å²) in [6.45, 7) is 2.16. The first-order chi connectivity index (χ1) is 12.7. The number of aromatic nitrogens is 2. The largest absolute Gasteiger partial charge is 0.392 e. The van der Waals surface area contributed by atoms with Crippen molar-refractivity contribution in [2.24, 2.45) is 0 Å². The quantitative estimate of drug-likeness (QED) is 0.741. The van der Waals surface area contributed by atoms with Crippen molar-refractivity contribution in [2.45, 2.75) is 20.1 Å². The van der Waals surface area contributed by atoms with Gasteiger partial charge < -0.3 is 10.4 Å². The molecule has 6 nitrogen and oxygen atoms in total. The van der Waals surface area contributed by atoms with Gasteiger partial charge >= 0.3 is 0 Å². The number of nitrogens with zero attached hydrogens (tertiary/aromatic N) is 3. The summed E-state index contributed by atoms with van der Waals surface area (Å²) in [5.41, 5.74) is 2.70. The zero-order chi connectivity index (χ0) is 18.5. The smallest absolute Gasteiger partial charge is 0.291 e. The number of anilines is 2. The third-order valence-corrected chi connectivity index (χ3v) is 4.02. The van der Waals surface area contributed by atoms with Crippen molar-refractivity contribution in [1.29, 1.82) is 5.26 Å². The van der Waals surface area contributed by atoms with Crippen LogP contribution in [0, 0.1) is 11.3 Å². The number of aliphatic hydroxyl groups excluding tert-OH is 1. The number of aliphatic hydroxyl groups is 1. The Balaban J connectivity index is 2.16. The number of aryl methyl sites for hydroxylation is 1. The highest BCUT2D eigenvalue weighted by molar-refractivity contribution is 5.76. The van der Waals surface area contributed by atoms with E-state index >= 15 is 0 Å². The molecular weight excluding hydrogens is 328 g/mol. The Morgan fingerprint density at radius 2 is 1.85 bits per heavy atom. The Hall–Kier alpha value is -3.43. The van der Waals surface area contributed by atoms with Crippen molar-refractivity contribution in [1.82, 2.24) is 9.78 Å². The maximum Gasteiger partial charge on any atom is 0.291 e. The van der Waals surface area contributed by atoms with Crippen LogP contribution in [0.2, 0.25) is 0 Å². The van der Waals surface area contributed by atoms with Crippen molar-refractivity contribution < 1.29 is 5.11 Å². The minimum absolute atomic E-state index is 0.0558. The van der Waals surface area contributed by atoms with Gasteiger partial charge in [0.1, 0.15) is 23.0 Å². The molecule has 2 aromatic carbocycles. The molecule has 0 saturated carbocycles. The molecular formula is C20H18N4O2. The first-order valence-corrected chi connectivity index (χ1v) is 8.25. The molecule has 0 unspecified atom stereocenters. The van der Waals surface area contributed by atoms with Gasteiger partial charge in [-0.05, 0) is 24.6 Å². The fourth-order valence-electron chi connectivity index (χ4n) is 2.65. The Morgan fingerprint density at radius 1 is 1.15 bits per heavy atom. The van der Waals surface area contributed by atoms with Crippen molar-refractivity contribution in [3.8, 4) is 17.3 Å². The fourth-order valence-corrected chi connectivity index (χ4v) is 2.65. The van der Waals surface area contributed by atoms with Gasteiger partial charge in [0, 0.05) is 17.8 Å². The molecule has 3 rings (SSSR count). The number of hydrogen-bond acceptors (Lipinski definition) is 5. The number of nitrogens with one attached hydrogen (secondary N) is 1. The first-order valence-electron chi connectivity index (χ1n) is 8.25. The van der Waals surface area contributed by atoms with Gasteiger partial charge in [0.15, 0.2) is 0 Å². The molecule has 1 heterocycles. The van der Waals surface area contributed by atoms with E-state index in [2.05, 4.69) is 16.5 Å². The lowest BCUT2D eigenvalue weighted by Gasteiger charge is -2.14. The molecule has 0 aliphatic heterocycles. The molecule has 0 spiro atoms. The second kappa shape index (κ2) is 7.64. The summed E-state index contributed by atoms with van der Waals surface area (Å²) < 4.78 is 1.34. The number of hydrogen-bond donors (Lipinski definition) is 2. The zero-order valence-electron chi connectivity index (χ0n) is 14.3. The third kappa shape index (κ3) is 3.34. The number of nitriles is 1. The van der Waals surface area contributed by atoms with E-state index in [1.807, 2.05) is 37.3 Å². The Kier molecular flexibility index (Phi) is 5.11. The molecule has 26 heavy (non-hydrogen) atoms. The molecule has 1 aromatic heterocycles. The van der Waals surface area contributed by atoms with Crippen LogP contribution in [0.4, 0.5) is 11.4 Å². The maximum absolute atomic E-state index is 12.7. The van der Waals surface area contributed by atoms with Crippen LogP contribution in [0.25, 0.3) is 11.3 Å². The Bertz CT molecular complexity index is 1000. The molecule has 0 saturated heterocycles. The van der Waals surface area contributed by atoms with E-state index in [0.717, 1.165) is 11.1 Å². The van der Waals surface area contributed by atoms with E-state index in [0.29, 0.717) is 17.9 Å². The molecule has 130 valence electrons. The lowest BCUT2D eigenvalue weighted by Crippen LogP contribution is -2.26. The number of benzene rings is 2. The lowest BCUT2D eigenvalue weighted by molar-refractivity contribution is 0.282. The van der Waals surface area contributed by atoms with E-state index in [4.69, 9.17) is 5.11 Å². The molecule has 0 amide bonds. The van der Waals surface area contributed by atoms with Crippen molar-refractivity contribution >= 4 is 11.4 Å². The van der Waals surface area contributed by atoms with E-state index in [1.165, 1.54) is 4.68 Å². The summed E-state index contributed by atoms with van der Waals surface area (Å²) >= 11 is 0. The van der Waals surface area contributed by atoms with Gasteiger partial charge in [-0.15, -0.1) is 0 Å². The molecule has 0 radical (unpaired) electrons. The van der Waals surface area contributed by atoms with Gasteiger partial charge in [-0.1, -0.05) is 42.5 Å². The minimum Gasteiger partial charge on any atom is -0.392 e. The van der Waals surface area contributed by atoms with Crippen molar-refractivity contribution in [2.75, 3.05) is 5.32 Å². The summed E-state index contributed by atoms with van der Waals surface area (Å²) in [5, 5.41) is 26.3. The van der Waals surface area contributed by atoms with Crippen LogP contribution in [-0.4, -0.2) is 14.9 Å². The van der Waals surface area contributed by atoms with Gasteiger partial charge in [-0.25, -0.2) is 4.68 Å². The SMILES string of the molecule is CCn1nc(-c2ccccc2)c(C#N)c(Nc2ccc(CO)cc2)c1=O. The summed E-state index contributed by atoms with van der Waals surface area (Å²) in [7, 11) is 0. The highest BCUT2D eigenvalue weighted by Crippen LogP contribution is 2.26. The fraction of sp³-hybridized carbons (Fsp3) is 0.150. The lowest BCUT2D eigenvalue weighted by atomic mass is 10.1. The molecule has 0 atom stereocenters. The monoisotopic (exact) mass is 346 g/mol. The van der Waals surface area contributed by atoms with Crippen molar-refractivity contribution in [3.63, 3.8) is 0 Å². The van der Waals surface area contributed by atoms with Gasteiger partial charge in [-0.2, -0.15) is 10.4 Å². The predicted molar refractivity (Wildman–Crippen MR) is 100.0 cm³/mol. The number of rotatable bonds is 5. The molecule has 6 heteroatoms. The highest BCUT2D eigenvalue weighted by atomic mass is 16.3. The van der Waals surface area contributed by atoms with Gasteiger partial charge in [0.25, 0.3) is 5.56 Å². The first kappa shape index (κ1) is 17.4.